The Labute approximate surface area is 286 Å². The molecular formula is C40H81NO5. The number of amides is 1. The highest BCUT2D eigenvalue weighted by Gasteiger charge is 2.28. The number of aliphatic hydroxyl groups is 4. The van der Waals surface area contributed by atoms with Crippen molar-refractivity contribution in [2.45, 2.75) is 244 Å². The van der Waals surface area contributed by atoms with Crippen molar-refractivity contribution < 1.29 is 25.2 Å². The lowest BCUT2D eigenvalue weighted by Gasteiger charge is -2.27. The fourth-order valence-corrected chi connectivity index (χ4v) is 6.52. The van der Waals surface area contributed by atoms with Crippen LogP contribution in [0.2, 0.25) is 0 Å². The smallest absolute Gasteiger partial charge is 0.249 e. The molecule has 1 amide bonds. The van der Waals surface area contributed by atoms with Gasteiger partial charge in [-0.15, -0.1) is 0 Å². The number of hydrogen-bond donors (Lipinski definition) is 5. The van der Waals surface area contributed by atoms with Crippen LogP contribution in [0.1, 0.15) is 219 Å². The Hall–Kier alpha value is -0.690. The van der Waals surface area contributed by atoms with E-state index in [1.807, 2.05) is 0 Å². The van der Waals surface area contributed by atoms with Gasteiger partial charge in [-0.05, 0) is 12.8 Å². The van der Waals surface area contributed by atoms with Crippen molar-refractivity contribution in [3.63, 3.8) is 0 Å². The minimum atomic E-state index is -1.25. The van der Waals surface area contributed by atoms with Gasteiger partial charge in [-0.3, -0.25) is 4.79 Å². The Morgan fingerprint density at radius 2 is 0.739 bits per heavy atom. The van der Waals surface area contributed by atoms with Gasteiger partial charge in [-0.2, -0.15) is 0 Å². The van der Waals surface area contributed by atoms with E-state index in [1.54, 1.807) is 0 Å². The molecule has 46 heavy (non-hydrogen) atoms. The van der Waals surface area contributed by atoms with Crippen LogP contribution in [-0.4, -0.2) is 57.3 Å². The van der Waals surface area contributed by atoms with E-state index < -0.39 is 36.9 Å². The monoisotopic (exact) mass is 656 g/mol. The molecule has 0 aromatic heterocycles. The summed E-state index contributed by atoms with van der Waals surface area (Å²) in [6.45, 7) is 4.03. The van der Waals surface area contributed by atoms with Gasteiger partial charge in [0.25, 0.3) is 0 Å². The summed E-state index contributed by atoms with van der Waals surface area (Å²) in [6, 6.07) is -0.977. The summed E-state index contributed by atoms with van der Waals surface area (Å²) in [4.78, 5) is 12.4. The van der Waals surface area contributed by atoms with Gasteiger partial charge in [0.2, 0.25) is 5.91 Å². The van der Waals surface area contributed by atoms with E-state index in [0.717, 1.165) is 38.5 Å². The van der Waals surface area contributed by atoms with E-state index in [2.05, 4.69) is 19.2 Å². The van der Waals surface area contributed by atoms with Gasteiger partial charge < -0.3 is 25.7 Å². The highest BCUT2D eigenvalue weighted by Crippen LogP contribution is 2.17. The lowest BCUT2D eigenvalue weighted by molar-refractivity contribution is -0.132. The predicted octanol–water partition coefficient (Wildman–Crippen LogP) is 10.1. The summed E-state index contributed by atoms with van der Waals surface area (Å²) in [7, 11) is 0. The molecule has 4 atom stereocenters. The van der Waals surface area contributed by atoms with Crippen LogP contribution in [-0.2, 0) is 4.79 Å². The Balaban J connectivity index is 3.68. The normalized spacial score (nSPS) is 14.3. The third-order valence-electron chi connectivity index (χ3n) is 9.82. The SMILES string of the molecule is CCCCCCCCCCCCCCCCCCCCCCC(O)C(=O)NC(CO)C(O)C(O)CCCCCCCCCCCC. The van der Waals surface area contributed by atoms with Gasteiger partial charge in [-0.25, -0.2) is 0 Å². The first kappa shape index (κ1) is 45.3. The minimum Gasteiger partial charge on any atom is -0.394 e. The first-order chi connectivity index (χ1) is 22.5. The summed E-state index contributed by atoms with van der Waals surface area (Å²) in [5.74, 6) is -0.581. The highest BCUT2D eigenvalue weighted by atomic mass is 16.3. The zero-order valence-corrected chi connectivity index (χ0v) is 30.8. The van der Waals surface area contributed by atoms with Crippen LogP contribution in [0.4, 0.5) is 0 Å². The average molecular weight is 656 g/mol. The van der Waals surface area contributed by atoms with Crippen LogP contribution in [0.15, 0.2) is 0 Å². The van der Waals surface area contributed by atoms with E-state index in [1.165, 1.54) is 154 Å². The van der Waals surface area contributed by atoms with Crippen LogP contribution in [0.3, 0.4) is 0 Å². The molecule has 4 unspecified atom stereocenters. The predicted molar refractivity (Wildman–Crippen MR) is 196 cm³/mol. The number of carbonyl (C=O) groups is 1. The quantitative estimate of drug-likeness (QED) is 0.0428. The molecule has 0 aliphatic rings. The van der Waals surface area contributed by atoms with E-state index in [0.29, 0.717) is 12.8 Å². The highest BCUT2D eigenvalue weighted by molar-refractivity contribution is 5.80. The molecule has 0 aliphatic carbocycles. The zero-order valence-electron chi connectivity index (χ0n) is 30.8. The summed E-state index contributed by atoms with van der Waals surface area (Å²) in [5.41, 5.74) is 0. The van der Waals surface area contributed by atoms with Crippen LogP contribution in [0, 0.1) is 0 Å². The first-order valence-corrected chi connectivity index (χ1v) is 20.4. The molecule has 0 saturated heterocycles. The third kappa shape index (κ3) is 29.4. The van der Waals surface area contributed by atoms with Gasteiger partial charge in [0.1, 0.15) is 12.2 Å². The van der Waals surface area contributed by atoms with Crippen molar-refractivity contribution in [2.75, 3.05) is 6.61 Å². The number of aliphatic hydroxyl groups excluding tert-OH is 4. The Morgan fingerprint density at radius 3 is 1.04 bits per heavy atom. The van der Waals surface area contributed by atoms with Crippen LogP contribution >= 0.6 is 0 Å². The van der Waals surface area contributed by atoms with Gasteiger partial charge >= 0.3 is 0 Å². The van der Waals surface area contributed by atoms with Gasteiger partial charge in [-0.1, -0.05) is 206 Å². The standard InChI is InChI=1S/C40H81NO5/c1-3-5-7-9-11-13-15-16-17-18-19-20-21-22-23-24-26-28-30-32-34-38(44)40(46)41-36(35-42)39(45)37(43)33-31-29-27-25-14-12-10-8-6-4-2/h36-39,42-45H,3-35H2,1-2H3,(H,41,46). The lowest BCUT2D eigenvalue weighted by atomic mass is 9.99. The second-order valence-corrected chi connectivity index (χ2v) is 14.3. The topological polar surface area (TPSA) is 110 Å². The number of nitrogens with one attached hydrogen (secondary N) is 1. The fraction of sp³-hybridized carbons (Fsp3) is 0.975. The molecule has 0 rings (SSSR count). The maximum atomic E-state index is 12.4. The number of unbranched alkanes of at least 4 members (excludes halogenated alkanes) is 28. The molecular weight excluding hydrogens is 574 g/mol. The maximum Gasteiger partial charge on any atom is 0.249 e. The molecule has 0 fully saturated rings. The van der Waals surface area contributed by atoms with Gasteiger partial charge in [0, 0.05) is 0 Å². The van der Waals surface area contributed by atoms with Crippen molar-refractivity contribution >= 4 is 5.91 Å². The molecule has 0 radical (unpaired) electrons. The molecule has 0 spiro atoms. The van der Waals surface area contributed by atoms with E-state index >= 15 is 0 Å². The molecule has 0 aromatic rings. The average Bonchev–Trinajstić information content (AvgIpc) is 3.06. The number of rotatable bonds is 37. The number of carbonyl (C=O) groups excluding carboxylic acids is 1. The van der Waals surface area contributed by atoms with Crippen LogP contribution < -0.4 is 5.32 Å². The maximum absolute atomic E-state index is 12.4. The van der Waals surface area contributed by atoms with Crippen molar-refractivity contribution in [1.29, 1.82) is 0 Å². The Kier molecular flexibility index (Phi) is 35.1. The second-order valence-electron chi connectivity index (χ2n) is 14.3. The molecule has 6 nitrogen and oxygen atoms in total. The molecule has 276 valence electrons. The Morgan fingerprint density at radius 1 is 0.457 bits per heavy atom. The number of hydrogen-bond acceptors (Lipinski definition) is 5. The lowest BCUT2D eigenvalue weighted by Crippen LogP contribution is -2.53. The Bertz CT molecular complexity index is 618. The second kappa shape index (κ2) is 35.6. The van der Waals surface area contributed by atoms with Gasteiger partial charge in [0.15, 0.2) is 0 Å². The minimum absolute atomic E-state index is 0.375. The molecule has 0 aromatic carbocycles. The van der Waals surface area contributed by atoms with Crippen LogP contribution in [0.25, 0.3) is 0 Å². The molecule has 0 saturated carbocycles. The summed E-state index contributed by atoms with van der Waals surface area (Å²) in [5, 5.41) is 43.5. The molecule has 6 heteroatoms. The van der Waals surface area contributed by atoms with Gasteiger partial charge in [0.05, 0.1) is 18.8 Å². The largest absolute Gasteiger partial charge is 0.394 e. The third-order valence-corrected chi connectivity index (χ3v) is 9.82. The van der Waals surface area contributed by atoms with Crippen molar-refractivity contribution in [3.05, 3.63) is 0 Å². The zero-order chi connectivity index (χ0) is 33.9. The van der Waals surface area contributed by atoms with E-state index in [9.17, 15) is 25.2 Å². The molecule has 0 aliphatic heterocycles. The van der Waals surface area contributed by atoms with Crippen LogP contribution in [0.5, 0.6) is 0 Å². The molecule has 0 bridgehead atoms. The fourth-order valence-electron chi connectivity index (χ4n) is 6.52. The summed E-state index contributed by atoms with van der Waals surface area (Å²) < 4.78 is 0. The van der Waals surface area contributed by atoms with E-state index in [-0.39, 0.29) is 0 Å². The van der Waals surface area contributed by atoms with Crippen molar-refractivity contribution in [2.24, 2.45) is 0 Å². The summed E-state index contributed by atoms with van der Waals surface area (Å²) >= 11 is 0. The van der Waals surface area contributed by atoms with E-state index in [4.69, 9.17) is 0 Å². The summed E-state index contributed by atoms with van der Waals surface area (Å²) in [6.07, 6.45) is 35.6. The molecule has 5 N–H and O–H groups in total. The van der Waals surface area contributed by atoms with Crippen molar-refractivity contribution in [1.82, 2.24) is 5.32 Å². The molecule has 0 heterocycles. The van der Waals surface area contributed by atoms with Crippen molar-refractivity contribution in [3.8, 4) is 0 Å². The first-order valence-electron chi connectivity index (χ1n) is 20.4.